The van der Waals surface area contributed by atoms with Crippen molar-refractivity contribution in [1.29, 1.82) is 0 Å². The number of rotatable bonds is 6. The predicted molar refractivity (Wildman–Crippen MR) is 134 cm³/mol. The second kappa shape index (κ2) is 9.74. The topological polar surface area (TPSA) is 53.2 Å². The third kappa shape index (κ3) is 4.75. The summed E-state index contributed by atoms with van der Waals surface area (Å²) in [6, 6.07) is 18.2. The number of benzene rings is 2. The number of thiophene rings is 1. The van der Waals surface area contributed by atoms with E-state index in [0.717, 1.165) is 37.9 Å². The van der Waals surface area contributed by atoms with E-state index in [1.54, 1.807) is 0 Å². The van der Waals surface area contributed by atoms with Gasteiger partial charge in [-0.15, -0.1) is 11.3 Å². The number of piperidine rings is 1. The van der Waals surface area contributed by atoms with Crippen molar-refractivity contribution in [3.05, 3.63) is 70.6 Å². The Morgan fingerprint density at radius 2 is 1.78 bits per heavy atom. The molecule has 4 nitrogen and oxygen atoms in total. The van der Waals surface area contributed by atoms with Crippen molar-refractivity contribution in [3.8, 4) is 0 Å². The van der Waals surface area contributed by atoms with E-state index in [4.69, 9.17) is 0 Å². The standard InChI is InChI=1S/C27H33N3OS/c1-18(25-17-32-26-5-3-2-4-24(25)26)29-23-11-10-21(16-23)19-6-8-20(9-7-19)27(31)30-22-12-14-28-15-13-22/h2-9,17-18,21-23,28-29H,10-16H2,1H3,(H,30,31)/t18-,21?,23+/m1/s1. The van der Waals surface area contributed by atoms with Gasteiger partial charge in [-0.3, -0.25) is 4.79 Å². The lowest BCUT2D eigenvalue weighted by Crippen LogP contribution is -2.42. The summed E-state index contributed by atoms with van der Waals surface area (Å²) in [6.45, 7) is 4.27. The average Bonchev–Trinajstić information content (AvgIpc) is 3.47. The molecule has 32 heavy (non-hydrogen) atoms. The fourth-order valence-electron chi connectivity index (χ4n) is 5.35. The Morgan fingerprint density at radius 3 is 2.59 bits per heavy atom. The number of nitrogens with one attached hydrogen (secondary N) is 3. The summed E-state index contributed by atoms with van der Waals surface area (Å²) in [5, 5.41) is 14.1. The van der Waals surface area contributed by atoms with Crippen molar-refractivity contribution in [1.82, 2.24) is 16.0 Å². The molecule has 1 amide bonds. The minimum atomic E-state index is 0.0613. The maximum atomic E-state index is 12.6. The Bertz CT molecular complexity index is 1050. The number of carbonyl (C=O) groups is 1. The van der Waals surface area contributed by atoms with Gasteiger partial charge < -0.3 is 16.0 Å². The highest BCUT2D eigenvalue weighted by Crippen LogP contribution is 2.37. The zero-order valence-corrected chi connectivity index (χ0v) is 19.6. The van der Waals surface area contributed by atoms with Crippen LogP contribution in [0.4, 0.5) is 0 Å². The highest BCUT2D eigenvalue weighted by molar-refractivity contribution is 7.17. The molecule has 1 saturated carbocycles. The predicted octanol–water partition coefficient (Wildman–Crippen LogP) is 5.37. The van der Waals surface area contributed by atoms with Crippen LogP contribution in [0.2, 0.25) is 0 Å². The summed E-state index contributed by atoms with van der Waals surface area (Å²) in [4.78, 5) is 12.6. The van der Waals surface area contributed by atoms with Gasteiger partial charge in [0, 0.05) is 28.4 Å². The van der Waals surface area contributed by atoms with E-state index >= 15 is 0 Å². The minimum absolute atomic E-state index is 0.0613. The van der Waals surface area contributed by atoms with Gasteiger partial charge in [-0.25, -0.2) is 0 Å². The van der Waals surface area contributed by atoms with E-state index in [0.29, 0.717) is 24.0 Å². The van der Waals surface area contributed by atoms with Gasteiger partial charge in [0.1, 0.15) is 0 Å². The first-order valence-corrected chi connectivity index (χ1v) is 12.9. The molecule has 2 aliphatic rings. The summed E-state index contributed by atoms with van der Waals surface area (Å²) in [6.07, 6.45) is 5.59. The van der Waals surface area contributed by atoms with Gasteiger partial charge in [-0.05, 0) is 98.1 Å². The molecule has 1 aliphatic carbocycles. The van der Waals surface area contributed by atoms with Crippen LogP contribution in [-0.4, -0.2) is 31.1 Å². The quantitative estimate of drug-likeness (QED) is 0.476. The molecule has 3 aromatic rings. The monoisotopic (exact) mass is 447 g/mol. The van der Waals surface area contributed by atoms with Crippen molar-refractivity contribution in [2.45, 2.75) is 63.1 Å². The molecule has 5 rings (SSSR count). The molecule has 1 saturated heterocycles. The average molecular weight is 448 g/mol. The van der Waals surface area contributed by atoms with Crippen LogP contribution in [-0.2, 0) is 0 Å². The molecule has 2 aromatic carbocycles. The molecule has 2 heterocycles. The lowest BCUT2D eigenvalue weighted by Gasteiger charge is -2.23. The SMILES string of the molecule is C[C@@H](N[C@H]1CCC(c2ccc(C(=O)NC3CCNCC3)cc2)C1)c1csc2ccccc12. The first kappa shape index (κ1) is 21.6. The molecular weight excluding hydrogens is 414 g/mol. The van der Waals surface area contributed by atoms with Gasteiger partial charge in [0.05, 0.1) is 0 Å². The zero-order chi connectivity index (χ0) is 21.9. The van der Waals surface area contributed by atoms with E-state index in [1.807, 2.05) is 23.5 Å². The summed E-state index contributed by atoms with van der Waals surface area (Å²) < 4.78 is 1.37. The van der Waals surface area contributed by atoms with E-state index in [9.17, 15) is 4.79 Å². The molecule has 3 N–H and O–H groups in total. The molecule has 0 bridgehead atoms. The molecule has 5 heteroatoms. The van der Waals surface area contributed by atoms with E-state index in [2.05, 4.69) is 64.7 Å². The third-order valence-corrected chi connectivity index (χ3v) is 8.20. The molecule has 2 fully saturated rings. The van der Waals surface area contributed by atoms with Crippen molar-refractivity contribution in [2.24, 2.45) is 0 Å². The Morgan fingerprint density at radius 1 is 1.00 bits per heavy atom. The minimum Gasteiger partial charge on any atom is -0.349 e. The molecule has 1 aromatic heterocycles. The summed E-state index contributed by atoms with van der Waals surface area (Å²) in [5.74, 6) is 0.631. The number of hydrogen-bond acceptors (Lipinski definition) is 4. The van der Waals surface area contributed by atoms with Crippen LogP contribution in [0.25, 0.3) is 10.1 Å². The summed E-state index contributed by atoms with van der Waals surface area (Å²) in [7, 11) is 0. The molecule has 3 atom stereocenters. The smallest absolute Gasteiger partial charge is 0.251 e. The van der Waals surface area contributed by atoms with Crippen molar-refractivity contribution in [2.75, 3.05) is 13.1 Å². The van der Waals surface area contributed by atoms with Crippen molar-refractivity contribution < 1.29 is 4.79 Å². The number of hydrogen-bond donors (Lipinski definition) is 3. The first-order chi connectivity index (χ1) is 15.7. The lowest BCUT2D eigenvalue weighted by molar-refractivity contribution is 0.0929. The molecule has 168 valence electrons. The van der Waals surface area contributed by atoms with Crippen LogP contribution in [0.3, 0.4) is 0 Å². The Labute approximate surface area is 194 Å². The number of fused-ring (bicyclic) bond motifs is 1. The van der Waals surface area contributed by atoms with Crippen LogP contribution < -0.4 is 16.0 Å². The van der Waals surface area contributed by atoms with Crippen molar-refractivity contribution >= 4 is 27.3 Å². The Balaban J connectivity index is 1.17. The molecule has 0 radical (unpaired) electrons. The third-order valence-electron chi connectivity index (χ3n) is 7.21. The normalized spacial score (nSPS) is 22.8. The fourth-order valence-corrected chi connectivity index (χ4v) is 6.41. The lowest BCUT2D eigenvalue weighted by atomic mass is 9.96. The van der Waals surface area contributed by atoms with Crippen LogP contribution in [0.15, 0.2) is 53.9 Å². The summed E-state index contributed by atoms with van der Waals surface area (Å²) >= 11 is 1.84. The first-order valence-electron chi connectivity index (χ1n) is 12.0. The number of carbonyl (C=O) groups excluding carboxylic acids is 1. The van der Waals surface area contributed by atoms with Crippen LogP contribution in [0.1, 0.15) is 72.5 Å². The van der Waals surface area contributed by atoms with Gasteiger partial charge >= 0.3 is 0 Å². The van der Waals surface area contributed by atoms with Gasteiger partial charge in [-0.1, -0.05) is 30.3 Å². The second-order valence-corrected chi connectivity index (χ2v) is 10.3. The maximum Gasteiger partial charge on any atom is 0.251 e. The summed E-state index contributed by atoms with van der Waals surface area (Å²) in [5.41, 5.74) is 3.55. The highest BCUT2D eigenvalue weighted by atomic mass is 32.1. The molecule has 0 spiro atoms. The maximum absolute atomic E-state index is 12.6. The van der Waals surface area contributed by atoms with Crippen molar-refractivity contribution in [3.63, 3.8) is 0 Å². The van der Waals surface area contributed by atoms with Crippen LogP contribution >= 0.6 is 11.3 Å². The van der Waals surface area contributed by atoms with Gasteiger partial charge in [-0.2, -0.15) is 0 Å². The number of amides is 1. The van der Waals surface area contributed by atoms with E-state index in [-0.39, 0.29) is 5.91 Å². The zero-order valence-electron chi connectivity index (χ0n) is 18.8. The van der Waals surface area contributed by atoms with Crippen LogP contribution in [0, 0.1) is 0 Å². The Hall–Kier alpha value is -2.21. The van der Waals surface area contributed by atoms with Gasteiger partial charge in [0.25, 0.3) is 5.91 Å². The second-order valence-electron chi connectivity index (χ2n) is 9.40. The van der Waals surface area contributed by atoms with E-state index in [1.165, 1.54) is 34.1 Å². The fraction of sp³-hybridized carbons (Fsp3) is 0.444. The molecule has 1 unspecified atom stereocenters. The van der Waals surface area contributed by atoms with Gasteiger partial charge in [0.15, 0.2) is 0 Å². The van der Waals surface area contributed by atoms with Crippen LogP contribution in [0.5, 0.6) is 0 Å². The Kier molecular flexibility index (Phi) is 6.58. The highest BCUT2D eigenvalue weighted by Gasteiger charge is 2.27. The largest absolute Gasteiger partial charge is 0.349 e. The van der Waals surface area contributed by atoms with Gasteiger partial charge in [0.2, 0.25) is 0 Å². The molecule has 1 aliphatic heterocycles. The molecular formula is C27H33N3OS. The van der Waals surface area contributed by atoms with E-state index < -0.39 is 0 Å².